The van der Waals surface area contributed by atoms with E-state index in [-0.39, 0.29) is 18.1 Å². The highest BCUT2D eigenvalue weighted by molar-refractivity contribution is 5.92. The van der Waals surface area contributed by atoms with E-state index >= 15 is 0 Å². The molecule has 3 N–H and O–H groups in total. The molecule has 1 amide bonds. The van der Waals surface area contributed by atoms with Gasteiger partial charge in [0.2, 0.25) is 17.6 Å². The van der Waals surface area contributed by atoms with Crippen molar-refractivity contribution >= 4 is 5.91 Å². The molecule has 0 fully saturated rings. The van der Waals surface area contributed by atoms with Crippen LogP contribution in [0.2, 0.25) is 0 Å². The van der Waals surface area contributed by atoms with Crippen molar-refractivity contribution in [3.63, 3.8) is 0 Å². The Morgan fingerprint density at radius 2 is 2.30 bits per heavy atom. The standard InChI is InChI=1S/C14H14N6O3/c1-8(17-13(21)10-7-22-11(5-15)18-10)14-19-12(20-23-14)9-3-2-4-16-6-9/h2-4,6-8H,5,15H2,1H3,(H,17,21)/t8-/m1/s1. The smallest absolute Gasteiger partial charge is 0.273 e. The Labute approximate surface area is 130 Å². The molecule has 23 heavy (non-hydrogen) atoms. The lowest BCUT2D eigenvalue weighted by molar-refractivity contribution is 0.0927. The maximum absolute atomic E-state index is 12.1. The van der Waals surface area contributed by atoms with Gasteiger partial charge in [0.05, 0.1) is 6.54 Å². The van der Waals surface area contributed by atoms with E-state index in [4.69, 9.17) is 14.7 Å². The highest BCUT2D eigenvalue weighted by Gasteiger charge is 2.20. The molecule has 1 atom stereocenters. The summed E-state index contributed by atoms with van der Waals surface area (Å²) in [5, 5.41) is 6.58. The first-order valence-electron chi connectivity index (χ1n) is 6.86. The fourth-order valence-corrected chi connectivity index (χ4v) is 1.86. The third-order valence-corrected chi connectivity index (χ3v) is 3.04. The van der Waals surface area contributed by atoms with Crippen molar-refractivity contribution < 1.29 is 13.7 Å². The highest BCUT2D eigenvalue weighted by atomic mass is 16.5. The molecule has 0 aromatic carbocycles. The molecule has 3 heterocycles. The molecule has 118 valence electrons. The van der Waals surface area contributed by atoms with Gasteiger partial charge in [-0.1, -0.05) is 5.16 Å². The second-order valence-corrected chi connectivity index (χ2v) is 4.72. The van der Waals surface area contributed by atoms with E-state index < -0.39 is 11.9 Å². The van der Waals surface area contributed by atoms with Crippen LogP contribution in [0.25, 0.3) is 11.4 Å². The lowest BCUT2D eigenvalue weighted by atomic mass is 10.2. The topological polar surface area (TPSA) is 133 Å². The van der Waals surface area contributed by atoms with Crippen molar-refractivity contribution in [2.75, 3.05) is 0 Å². The molecule has 0 saturated heterocycles. The summed E-state index contributed by atoms with van der Waals surface area (Å²) in [6, 6.07) is 3.10. The predicted octanol–water partition coefficient (Wildman–Crippen LogP) is 1.07. The SMILES string of the molecule is C[C@@H](NC(=O)c1coc(CN)n1)c1nc(-c2cccnc2)no1. The molecule has 0 spiro atoms. The number of amides is 1. The zero-order chi connectivity index (χ0) is 16.2. The van der Waals surface area contributed by atoms with Crippen molar-refractivity contribution in [2.45, 2.75) is 19.5 Å². The third kappa shape index (κ3) is 3.24. The summed E-state index contributed by atoms with van der Waals surface area (Å²) in [6.45, 7) is 1.85. The quantitative estimate of drug-likeness (QED) is 0.714. The van der Waals surface area contributed by atoms with Gasteiger partial charge in [-0.15, -0.1) is 0 Å². The average molecular weight is 314 g/mol. The molecule has 3 rings (SSSR count). The van der Waals surface area contributed by atoms with Gasteiger partial charge in [0, 0.05) is 18.0 Å². The number of carbonyl (C=O) groups excluding carboxylic acids is 1. The first-order chi connectivity index (χ1) is 11.2. The van der Waals surface area contributed by atoms with E-state index in [1.165, 1.54) is 6.26 Å². The van der Waals surface area contributed by atoms with Crippen molar-refractivity contribution in [1.29, 1.82) is 0 Å². The Morgan fingerprint density at radius 1 is 1.43 bits per heavy atom. The van der Waals surface area contributed by atoms with Gasteiger partial charge in [-0.25, -0.2) is 4.98 Å². The normalized spacial score (nSPS) is 12.1. The van der Waals surface area contributed by atoms with E-state index in [2.05, 4.69) is 25.4 Å². The van der Waals surface area contributed by atoms with Gasteiger partial charge < -0.3 is 20.0 Å². The van der Waals surface area contributed by atoms with Crippen LogP contribution in [0, 0.1) is 0 Å². The van der Waals surface area contributed by atoms with Gasteiger partial charge in [-0.2, -0.15) is 4.98 Å². The van der Waals surface area contributed by atoms with Crippen LogP contribution in [0.5, 0.6) is 0 Å². The average Bonchev–Trinajstić information content (AvgIpc) is 3.25. The van der Waals surface area contributed by atoms with Crippen LogP contribution in [0.1, 0.15) is 35.2 Å². The van der Waals surface area contributed by atoms with Crippen LogP contribution in [-0.4, -0.2) is 26.0 Å². The highest BCUT2D eigenvalue weighted by Crippen LogP contribution is 2.17. The number of nitrogens with two attached hydrogens (primary N) is 1. The minimum Gasteiger partial charge on any atom is -0.447 e. The summed E-state index contributed by atoms with van der Waals surface area (Å²) in [5.74, 6) is 0.558. The first kappa shape index (κ1) is 14.9. The van der Waals surface area contributed by atoms with Gasteiger partial charge in [-0.3, -0.25) is 9.78 Å². The minimum absolute atomic E-state index is 0.126. The minimum atomic E-state index is -0.488. The van der Waals surface area contributed by atoms with E-state index in [1.807, 2.05) is 6.07 Å². The number of rotatable bonds is 5. The summed E-state index contributed by atoms with van der Waals surface area (Å²) in [5.41, 5.74) is 6.26. The van der Waals surface area contributed by atoms with Crippen molar-refractivity contribution in [2.24, 2.45) is 5.73 Å². The second-order valence-electron chi connectivity index (χ2n) is 4.72. The molecule has 3 aromatic rings. The summed E-state index contributed by atoms with van der Waals surface area (Å²) >= 11 is 0. The first-order valence-corrected chi connectivity index (χ1v) is 6.86. The predicted molar refractivity (Wildman–Crippen MR) is 77.8 cm³/mol. The number of hydrogen-bond donors (Lipinski definition) is 2. The van der Waals surface area contributed by atoms with Gasteiger partial charge in [-0.05, 0) is 19.1 Å². The Balaban J connectivity index is 1.70. The summed E-state index contributed by atoms with van der Waals surface area (Å²) < 4.78 is 10.2. The molecule has 9 heteroatoms. The van der Waals surface area contributed by atoms with Crippen LogP contribution in [0.4, 0.5) is 0 Å². The van der Waals surface area contributed by atoms with Crippen LogP contribution in [0.15, 0.2) is 39.7 Å². The lowest BCUT2D eigenvalue weighted by Gasteiger charge is -2.07. The van der Waals surface area contributed by atoms with Crippen molar-refractivity contribution in [3.8, 4) is 11.4 Å². The molecule has 0 bridgehead atoms. The fourth-order valence-electron chi connectivity index (χ4n) is 1.86. The Kier molecular flexibility index (Phi) is 4.11. The Hall–Kier alpha value is -3.07. The Morgan fingerprint density at radius 3 is 3.00 bits per heavy atom. The van der Waals surface area contributed by atoms with Crippen LogP contribution in [-0.2, 0) is 6.54 Å². The van der Waals surface area contributed by atoms with E-state index in [0.29, 0.717) is 11.7 Å². The molecular weight excluding hydrogens is 300 g/mol. The lowest BCUT2D eigenvalue weighted by Crippen LogP contribution is -2.27. The molecule has 0 radical (unpaired) electrons. The summed E-state index contributed by atoms with van der Waals surface area (Å²) in [6.07, 6.45) is 4.53. The van der Waals surface area contributed by atoms with E-state index in [1.54, 1.807) is 25.4 Å². The van der Waals surface area contributed by atoms with Gasteiger partial charge in [0.1, 0.15) is 12.3 Å². The maximum Gasteiger partial charge on any atom is 0.273 e. The second kappa shape index (κ2) is 6.36. The molecule has 0 aliphatic heterocycles. The zero-order valence-corrected chi connectivity index (χ0v) is 12.3. The van der Waals surface area contributed by atoms with Gasteiger partial charge in [0.15, 0.2) is 5.69 Å². The molecule has 3 aromatic heterocycles. The number of nitrogens with one attached hydrogen (secondary N) is 1. The monoisotopic (exact) mass is 314 g/mol. The number of pyridine rings is 1. The zero-order valence-electron chi connectivity index (χ0n) is 12.3. The van der Waals surface area contributed by atoms with Gasteiger partial charge in [0.25, 0.3) is 5.91 Å². The molecule has 0 aliphatic rings. The Bertz CT molecular complexity index is 798. The number of nitrogens with zero attached hydrogens (tertiary/aromatic N) is 4. The van der Waals surface area contributed by atoms with Crippen LogP contribution >= 0.6 is 0 Å². The van der Waals surface area contributed by atoms with Crippen LogP contribution in [0.3, 0.4) is 0 Å². The fraction of sp³-hybridized carbons (Fsp3) is 0.214. The number of carbonyl (C=O) groups is 1. The maximum atomic E-state index is 12.1. The molecule has 0 unspecified atom stereocenters. The van der Waals surface area contributed by atoms with Crippen molar-refractivity contribution in [1.82, 2.24) is 25.4 Å². The van der Waals surface area contributed by atoms with E-state index in [9.17, 15) is 4.79 Å². The molecule has 0 aliphatic carbocycles. The molecule has 9 nitrogen and oxygen atoms in total. The van der Waals surface area contributed by atoms with Crippen molar-refractivity contribution in [3.05, 3.63) is 48.3 Å². The van der Waals surface area contributed by atoms with E-state index in [0.717, 1.165) is 5.56 Å². The third-order valence-electron chi connectivity index (χ3n) is 3.04. The molecular formula is C14H14N6O3. The summed E-state index contributed by atoms with van der Waals surface area (Å²) in [7, 11) is 0. The largest absolute Gasteiger partial charge is 0.447 e. The summed E-state index contributed by atoms with van der Waals surface area (Å²) in [4.78, 5) is 24.3. The number of oxazole rings is 1. The van der Waals surface area contributed by atoms with Crippen LogP contribution < -0.4 is 11.1 Å². The number of aromatic nitrogens is 4. The number of hydrogen-bond acceptors (Lipinski definition) is 8. The molecule has 0 saturated carbocycles. The van der Waals surface area contributed by atoms with Gasteiger partial charge >= 0.3 is 0 Å².